The molecule has 1 aromatic carbocycles. The van der Waals surface area contributed by atoms with Crippen molar-refractivity contribution in [1.82, 2.24) is 10.2 Å². The molecule has 0 radical (unpaired) electrons. The van der Waals surface area contributed by atoms with Gasteiger partial charge in [0.25, 0.3) is 0 Å². The number of methoxy groups -OCH3 is 1. The topological polar surface area (TPSA) is 63.2 Å². The molecule has 0 fully saturated rings. The van der Waals surface area contributed by atoms with Crippen LogP contribution in [0.4, 0.5) is 0 Å². The van der Waals surface area contributed by atoms with Gasteiger partial charge in [0.15, 0.2) is 11.5 Å². The zero-order chi connectivity index (χ0) is 19.4. The zero-order valence-corrected chi connectivity index (χ0v) is 17.0. The third-order valence-electron chi connectivity index (χ3n) is 4.08. The molecule has 2 N–H and O–H groups in total. The molecular formula is C20H36N2O4. The number of benzene rings is 1. The van der Waals surface area contributed by atoms with Crippen LogP contribution in [0, 0.1) is 0 Å². The van der Waals surface area contributed by atoms with Crippen molar-refractivity contribution in [3.05, 3.63) is 23.8 Å². The van der Waals surface area contributed by atoms with Crippen molar-refractivity contribution >= 4 is 0 Å². The van der Waals surface area contributed by atoms with E-state index in [9.17, 15) is 5.11 Å². The van der Waals surface area contributed by atoms with Gasteiger partial charge in [0, 0.05) is 19.6 Å². The molecule has 150 valence electrons. The van der Waals surface area contributed by atoms with Gasteiger partial charge in [-0.2, -0.15) is 0 Å². The largest absolute Gasteiger partial charge is 0.493 e. The summed E-state index contributed by atoms with van der Waals surface area (Å²) in [6.45, 7) is 13.2. The lowest BCUT2D eigenvalue weighted by atomic mass is 10.2. The minimum Gasteiger partial charge on any atom is -0.493 e. The molecule has 6 nitrogen and oxygen atoms in total. The predicted molar refractivity (Wildman–Crippen MR) is 105 cm³/mol. The highest BCUT2D eigenvalue weighted by Gasteiger charge is 2.12. The molecule has 1 aromatic rings. The van der Waals surface area contributed by atoms with Gasteiger partial charge in [0.1, 0.15) is 12.7 Å². The third kappa shape index (κ3) is 8.85. The number of nitrogens with zero attached hydrogens (tertiary/aromatic N) is 1. The standard InChI is InChI=1S/C20H36N2O4/c1-6-22(7-2)14-18(23)15-26-19-9-8-17(12-20(19)24-5)13-21-10-11-25-16(3)4/h8-9,12,16,18,21,23H,6-7,10-11,13-15H2,1-5H3/t18-/m1/s1. The Morgan fingerprint density at radius 3 is 2.50 bits per heavy atom. The Kier molecular flexibility index (Phi) is 11.3. The molecule has 0 aromatic heterocycles. The van der Waals surface area contributed by atoms with Gasteiger partial charge in [-0.25, -0.2) is 0 Å². The van der Waals surface area contributed by atoms with Crippen LogP contribution < -0.4 is 14.8 Å². The molecule has 0 aliphatic heterocycles. The lowest BCUT2D eigenvalue weighted by Gasteiger charge is -2.22. The Hall–Kier alpha value is -1.34. The highest BCUT2D eigenvalue weighted by atomic mass is 16.5. The molecule has 0 saturated heterocycles. The number of ether oxygens (including phenoxy) is 3. The monoisotopic (exact) mass is 368 g/mol. The fourth-order valence-corrected chi connectivity index (χ4v) is 2.56. The maximum atomic E-state index is 10.1. The van der Waals surface area contributed by atoms with Crippen LogP contribution in [0.2, 0.25) is 0 Å². The molecule has 6 heteroatoms. The second-order valence-electron chi connectivity index (χ2n) is 6.53. The number of hydrogen-bond donors (Lipinski definition) is 2. The molecule has 1 atom stereocenters. The van der Waals surface area contributed by atoms with Crippen molar-refractivity contribution in [1.29, 1.82) is 0 Å². The van der Waals surface area contributed by atoms with Crippen molar-refractivity contribution in [2.45, 2.75) is 46.4 Å². The van der Waals surface area contributed by atoms with Crippen LogP contribution in [0.3, 0.4) is 0 Å². The fourth-order valence-electron chi connectivity index (χ4n) is 2.56. The average molecular weight is 369 g/mol. The maximum absolute atomic E-state index is 10.1. The van der Waals surface area contributed by atoms with Gasteiger partial charge in [-0.3, -0.25) is 0 Å². The van der Waals surface area contributed by atoms with E-state index in [1.165, 1.54) is 0 Å². The number of hydrogen-bond acceptors (Lipinski definition) is 6. The molecule has 0 aliphatic carbocycles. The van der Waals surface area contributed by atoms with Gasteiger partial charge in [-0.15, -0.1) is 0 Å². The predicted octanol–water partition coefficient (Wildman–Crippen LogP) is 2.29. The Balaban J connectivity index is 2.47. The summed E-state index contributed by atoms with van der Waals surface area (Å²) < 4.78 is 16.7. The Morgan fingerprint density at radius 2 is 1.88 bits per heavy atom. The quantitative estimate of drug-likeness (QED) is 0.491. The summed E-state index contributed by atoms with van der Waals surface area (Å²) in [5.74, 6) is 1.33. The second kappa shape index (κ2) is 12.9. The van der Waals surface area contributed by atoms with E-state index in [2.05, 4.69) is 24.1 Å². The van der Waals surface area contributed by atoms with Gasteiger partial charge in [-0.1, -0.05) is 19.9 Å². The van der Waals surface area contributed by atoms with Crippen LogP contribution in [0.25, 0.3) is 0 Å². The SMILES string of the molecule is CCN(CC)C[C@@H](O)COc1ccc(CNCCOC(C)C)cc1OC. The van der Waals surface area contributed by atoms with E-state index in [4.69, 9.17) is 14.2 Å². The van der Waals surface area contributed by atoms with Gasteiger partial charge in [0.2, 0.25) is 0 Å². The lowest BCUT2D eigenvalue weighted by Crippen LogP contribution is -2.35. The number of rotatable bonds is 14. The van der Waals surface area contributed by atoms with E-state index >= 15 is 0 Å². The number of aliphatic hydroxyl groups excluding tert-OH is 1. The summed E-state index contributed by atoms with van der Waals surface area (Å²) in [6.07, 6.45) is -0.271. The van der Waals surface area contributed by atoms with E-state index in [1.54, 1.807) is 7.11 Å². The van der Waals surface area contributed by atoms with Crippen LogP contribution in [-0.4, -0.2) is 68.7 Å². The van der Waals surface area contributed by atoms with E-state index in [0.29, 0.717) is 24.7 Å². The minimum absolute atomic E-state index is 0.247. The average Bonchev–Trinajstić information content (AvgIpc) is 2.64. The van der Waals surface area contributed by atoms with E-state index in [1.807, 2.05) is 32.0 Å². The number of nitrogens with one attached hydrogen (secondary N) is 1. The first-order valence-electron chi connectivity index (χ1n) is 9.52. The molecule has 0 bridgehead atoms. The van der Waals surface area contributed by atoms with Crippen LogP contribution in [0.15, 0.2) is 18.2 Å². The summed E-state index contributed by atoms with van der Waals surface area (Å²) in [4.78, 5) is 2.17. The second-order valence-corrected chi connectivity index (χ2v) is 6.53. The van der Waals surface area contributed by atoms with Crippen LogP contribution in [0.1, 0.15) is 33.3 Å². The Bertz CT molecular complexity index is 493. The van der Waals surface area contributed by atoms with Crippen LogP contribution >= 0.6 is 0 Å². The van der Waals surface area contributed by atoms with E-state index in [-0.39, 0.29) is 12.7 Å². The lowest BCUT2D eigenvalue weighted by molar-refractivity contribution is 0.0705. The molecular weight excluding hydrogens is 332 g/mol. The highest BCUT2D eigenvalue weighted by molar-refractivity contribution is 5.43. The van der Waals surface area contributed by atoms with Crippen molar-refractivity contribution in [3.63, 3.8) is 0 Å². The number of aliphatic hydroxyl groups is 1. The fraction of sp³-hybridized carbons (Fsp3) is 0.700. The first-order chi connectivity index (χ1) is 12.5. The summed E-state index contributed by atoms with van der Waals surface area (Å²) in [6, 6.07) is 5.86. The summed E-state index contributed by atoms with van der Waals surface area (Å²) in [7, 11) is 1.63. The highest BCUT2D eigenvalue weighted by Crippen LogP contribution is 2.28. The zero-order valence-electron chi connectivity index (χ0n) is 17.0. The molecule has 0 amide bonds. The first kappa shape index (κ1) is 22.7. The third-order valence-corrected chi connectivity index (χ3v) is 4.08. The van der Waals surface area contributed by atoms with Crippen LogP contribution in [-0.2, 0) is 11.3 Å². The van der Waals surface area contributed by atoms with Gasteiger partial charge in [-0.05, 0) is 44.6 Å². The Labute approximate surface area is 158 Å². The van der Waals surface area contributed by atoms with Crippen molar-refractivity contribution in [2.75, 3.05) is 46.5 Å². The number of likely N-dealkylation sites (N-methyl/N-ethyl adjacent to an activating group) is 1. The molecule has 1 rings (SSSR count). The smallest absolute Gasteiger partial charge is 0.161 e. The molecule has 0 heterocycles. The molecule has 0 aliphatic rings. The summed E-state index contributed by atoms with van der Waals surface area (Å²) in [5, 5.41) is 13.5. The maximum Gasteiger partial charge on any atom is 0.161 e. The molecule has 0 unspecified atom stereocenters. The normalized spacial score (nSPS) is 12.6. The van der Waals surface area contributed by atoms with Crippen molar-refractivity contribution in [2.24, 2.45) is 0 Å². The first-order valence-corrected chi connectivity index (χ1v) is 9.52. The molecule has 0 saturated carbocycles. The summed E-state index contributed by atoms with van der Waals surface area (Å²) >= 11 is 0. The molecule has 0 spiro atoms. The summed E-state index contributed by atoms with van der Waals surface area (Å²) in [5.41, 5.74) is 1.11. The van der Waals surface area contributed by atoms with E-state index in [0.717, 1.165) is 31.7 Å². The van der Waals surface area contributed by atoms with Crippen LogP contribution in [0.5, 0.6) is 11.5 Å². The van der Waals surface area contributed by atoms with Gasteiger partial charge in [0.05, 0.1) is 19.8 Å². The molecule has 26 heavy (non-hydrogen) atoms. The van der Waals surface area contributed by atoms with Crippen molar-refractivity contribution < 1.29 is 19.3 Å². The van der Waals surface area contributed by atoms with E-state index < -0.39 is 6.10 Å². The van der Waals surface area contributed by atoms with Crippen molar-refractivity contribution in [3.8, 4) is 11.5 Å². The Morgan fingerprint density at radius 1 is 1.15 bits per heavy atom. The van der Waals surface area contributed by atoms with Gasteiger partial charge < -0.3 is 29.5 Å². The minimum atomic E-state index is -0.526. The van der Waals surface area contributed by atoms with Gasteiger partial charge >= 0.3 is 0 Å².